The van der Waals surface area contributed by atoms with Gasteiger partial charge in [-0.15, -0.1) is 0 Å². The van der Waals surface area contributed by atoms with Crippen LogP contribution in [-0.2, 0) is 16.0 Å². The minimum atomic E-state index is -1.14. The summed E-state index contributed by atoms with van der Waals surface area (Å²) in [6.07, 6.45) is 0.150. The van der Waals surface area contributed by atoms with Crippen molar-refractivity contribution in [2.75, 3.05) is 6.61 Å². The predicted molar refractivity (Wildman–Crippen MR) is 66.2 cm³/mol. The molecule has 1 aromatic carbocycles. The lowest BCUT2D eigenvalue weighted by atomic mass is 10.1. The normalized spacial score (nSPS) is 11.9. The number of rotatable bonds is 6. The summed E-state index contributed by atoms with van der Waals surface area (Å²) in [6, 6.07) is 6.40. The molecule has 1 amide bonds. The molecule has 0 aliphatic rings. The average molecular weight is 251 g/mol. The molecule has 0 saturated carbocycles. The van der Waals surface area contributed by atoms with E-state index in [9.17, 15) is 9.59 Å². The van der Waals surface area contributed by atoms with Crippen molar-refractivity contribution >= 4 is 11.9 Å². The molecule has 0 aromatic heterocycles. The van der Waals surface area contributed by atoms with Crippen LogP contribution in [0.25, 0.3) is 0 Å². The average Bonchev–Trinajstić information content (AvgIpc) is 2.31. The highest BCUT2D eigenvalue weighted by Crippen LogP contribution is 2.07. The number of nitrogens with one attached hydrogen (secondary N) is 1. The maximum absolute atomic E-state index is 11.7. The summed E-state index contributed by atoms with van der Waals surface area (Å²) in [5.74, 6) is -1.49. The largest absolute Gasteiger partial charge is 0.480 e. The monoisotopic (exact) mass is 251 g/mol. The van der Waals surface area contributed by atoms with Crippen molar-refractivity contribution in [1.82, 2.24) is 5.32 Å². The number of carboxylic acid groups (broad SMARTS) is 1. The Morgan fingerprint density at radius 3 is 2.56 bits per heavy atom. The number of aliphatic hydroxyl groups is 1. The molecule has 1 unspecified atom stereocenters. The topological polar surface area (TPSA) is 86.6 Å². The molecule has 0 saturated heterocycles. The Bertz CT molecular complexity index is 431. The molecule has 0 heterocycles. The molecule has 1 atom stereocenters. The minimum Gasteiger partial charge on any atom is -0.480 e. The van der Waals surface area contributed by atoms with Crippen molar-refractivity contribution in [1.29, 1.82) is 0 Å². The van der Waals surface area contributed by atoms with Gasteiger partial charge in [0, 0.05) is 13.0 Å². The second kappa shape index (κ2) is 6.76. The Morgan fingerprint density at radius 2 is 2.00 bits per heavy atom. The number of hydrogen-bond donors (Lipinski definition) is 3. The maximum Gasteiger partial charge on any atom is 0.326 e. The van der Waals surface area contributed by atoms with E-state index in [-0.39, 0.29) is 25.4 Å². The van der Waals surface area contributed by atoms with Crippen molar-refractivity contribution in [3.63, 3.8) is 0 Å². The zero-order chi connectivity index (χ0) is 13.5. The van der Waals surface area contributed by atoms with Gasteiger partial charge in [-0.2, -0.15) is 0 Å². The lowest BCUT2D eigenvalue weighted by Gasteiger charge is -2.13. The molecule has 5 heteroatoms. The third kappa shape index (κ3) is 4.18. The molecule has 1 rings (SSSR count). The van der Waals surface area contributed by atoms with Gasteiger partial charge in [-0.1, -0.05) is 24.3 Å². The third-order valence-corrected chi connectivity index (χ3v) is 2.66. The third-order valence-electron chi connectivity index (χ3n) is 2.66. The van der Waals surface area contributed by atoms with Crippen LogP contribution in [0.4, 0.5) is 0 Å². The first-order chi connectivity index (χ1) is 8.54. The van der Waals surface area contributed by atoms with E-state index in [1.165, 1.54) is 0 Å². The van der Waals surface area contributed by atoms with Gasteiger partial charge in [0.1, 0.15) is 6.04 Å². The van der Waals surface area contributed by atoms with Gasteiger partial charge >= 0.3 is 5.97 Å². The van der Waals surface area contributed by atoms with E-state index in [2.05, 4.69) is 5.32 Å². The summed E-state index contributed by atoms with van der Waals surface area (Å²) in [5, 5.41) is 20.0. The molecule has 98 valence electrons. The number of amides is 1. The van der Waals surface area contributed by atoms with Gasteiger partial charge in [-0.3, -0.25) is 4.79 Å². The molecule has 0 aliphatic carbocycles. The van der Waals surface area contributed by atoms with E-state index >= 15 is 0 Å². The molecule has 0 spiro atoms. The first-order valence-electron chi connectivity index (χ1n) is 5.72. The molecule has 0 aliphatic heterocycles. The quantitative estimate of drug-likeness (QED) is 0.686. The first kappa shape index (κ1) is 14.2. The van der Waals surface area contributed by atoms with Crippen LogP contribution in [0.5, 0.6) is 0 Å². The van der Waals surface area contributed by atoms with Crippen LogP contribution < -0.4 is 5.32 Å². The van der Waals surface area contributed by atoms with Crippen LogP contribution in [0.2, 0.25) is 0 Å². The Hall–Kier alpha value is -1.88. The molecular formula is C13H17NO4. The molecule has 0 radical (unpaired) electrons. The van der Waals surface area contributed by atoms with Crippen LogP contribution >= 0.6 is 0 Å². The lowest BCUT2D eigenvalue weighted by molar-refractivity contribution is -0.142. The lowest BCUT2D eigenvalue weighted by Crippen LogP contribution is -2.42. The summed E-state index contributed by atoms with van der Waals surface area (Å²) in [6.45, 7) is 1.62. The number of aliphatic hydroxyl groups excluding tert-OH is 1. The minimum absolute atomic E-state index is 0.00877. The molecular weight excluding hydrogens is 234 g/mol. The van der Waals surface area contributed by atoms with E-state index in [1.807, 2.05) is 31.2 Å². The molecule has 3 N–H and O–H groups in total. The smallest absolute Gasteiger partial charge is 0.326 e. The number of benzene rings is 1. The van der Waals surface area contributed by atoms with Gasteiger partial charge in [-0.05, 0) is 18.1 Å². The molecule has 0 fully saturated rings. The van der Waals surface area contributed by atoms with Crippen LogP contribution in [0.3, 0.4) is 0 Å². The van der Waals surface area contributed by atoms with Crippen LogP contribution in [0.15, 0.2) is 24.3 Å². The fourth-order valence-electron chi connectivity index (χ4n) is 1.61. The highest BCUT2D eigenvalue weighted by molar-refractivity contribution is 5.85. The molecule has 1 aromatic rings. The standard InChI is InChI=1S/C13H17NO4/c1-9-4-2-3-5-10(9)8-12(16)14-11(6-7-15)13(17)18/h2-5,11,15H,6-8H2,1H3,(H,14,16)(H,17,18). The number of carbonyl (C=O) groups excluding carboxylic acids is 1. The fraction of sp³-hybridized carbons (Fsp3) is 0.385. The van der Waals surface area contributed by atoms with Crippen molar-refractivity contribution in [2.24, 2.45) is 0 Å². The maximum atomic E-state index is 11.7. The Kier molecular flexibility index (Phi) is 5.32. The summed E-state index contributed by atoms with van der Waals surface area (Å²) in [4.78, 5) is 22.5. The summed E-state index contributed by atoms with van der Waals surface area (Å²) in [7, 11) is 0. The van der Waals surface area contributed by atoms with Crippen molar-refractivity contribution in [3.05, 3.63) is 35.4 Å². The Labute approximate surface area is 105 Å². The van der Waals surface area contributed by atoms with E-state index in [0.29, 0.717) is 0 Å². The molecule has 0 bridgehead atoms. The summed E-state index contributed by atoms with van der Waals surface area (Å²) in [5.41, 5.74) is 1.85. The second-order valence-electron chi connectivity index (χ2n) is 4.07. The molecule has 5 nitrogen and oxygen atoms in total. The Morgan fingerprint density at radius 1 is 1.33 bits per heavy atom. The zero-order valence-corrected chi connectivity index (χ0v) is 10.2. The van der Waals surface area contributed by atoms with Gasteiger partial charge in [0.25, 0.3) is 0 Å². The van der Waals surface area contributed by atoms with Crippen LogP contribution in [-0.4, -0.2) is 34.7 Å². The van der Waals surface area contributed by atoms with Gasteiger partial charge in [0.15, 0.2) is 0 Å². The fourth-order valence-corrected chi connectivity index (χ4v) is 1.61. The predicted octanol–water partition coefficient (Wildman–Crippen LogP) is 0.489. The highest BCUT2D eigenvalue weighted by Gasteiger charge is 2.19. The SMILES string of the molecule is Cc1ccccc1CC(=O)NC(CCO)C(=O)O. The van der Waals surface area contributed by atoms with E-state index in [0.717, 1.165) is 11.1 Å². The van der Waals surface area contributed by atoms with Gasteiger partial charge < -0.3 is 15.5 Å². The van der Waals surface area contributed by atoms with Crippen LogP contribution in [0.1, 0.15) is 17.5 Å². The van der Waals surface area contributed by atoms with Crippen molar-refractivity contribution < 1.29 is 19.8 Å². The summed E-state index contributed by atoms with van der Waals surface area (Å²) < 4.78 is 0. The van der Waals surface area contributed by atoms with Gasteiger partial charge in [0.05, 0.1) is 6.42 Å². The number of carboxylic acids is 1. The van der Waals surface area contributed by atoms with Gasteiger partial charge in [-0.25, -0.2) is 4.79 Å². The van der Waals surface area contributed by atoms with E-state index < -0.39 is 12.0 Å². The van der Waals surface area contributed by atoms with Gasteiger partial charge in [0.2, 0.25) is 5.91 Å². The number of aliphatic carboxylic acids is 1. The molecule has 18 heavy (non-hydrogen) atoms. The number of hydrogen-bond acceptors (Lipinski definition) is 3. The Balaban J connectivity index is 2.61. The van der Waals surface area contributed by atoms with E-state index in [4.69, 9.17) is 10.2 Å². The first-order valence-corrected chi connectivity index (χ1v) is 5.72. The summed E-state index contributed by atoms with van der Waals surface area (Å²) >= 11 is 0. The zero-order valence-electron chi connectivity index (χ0n) is 10.2. The second-order valence-corrected chi connectivity index (χ2v) is 4.07. The number of aryl methyl sites for hydroxylation is 1. The number of carbonyl (C=O) groups is 2. The highest BCUT2D eigenvalue weighted by atomic mass is 16.4. The van der Waals surface area contributed by atoms with Crippen molar-refractivity contribution in [3.8, 4) is 0 Å². The van der Waals surface area contributed by atoms with Crippen LogP contribution in [0, 0.1) is 6.92 Å². The van der Waals surface area contributed by atoms with Crippen molar-refractivity contribution in [2.45, 2.75) is 25.8 Å². The van der Waals surface area contributed by atoms with E-state index in [1.54, 1.807) is 0 Å².